The van der Waals surface area contributed by atoms with E-state index in [1.807, 2.05) is 13.8 Å². The maximum atomic E-state index is 5.63. The van der Waals surface area contributed by atoms with Crippen molar-refractivity contribution in [2.24, 2.45) is 4.99 Å². The molecule has 152 valence electrons. The summed E-state index contributed by atoms with van der Waals surface area (Å²) in [5, 5.41) is 6.75. The molecule has 3 rings (SSSR count). The number of hydrogen-bond donors (Lipinski definition) is 2. The van der Waals surface area contributed by atoms with E-state index in [-0.39, 0.29) is 6.04 Å². The standard InChI is InChI=1S/C21H31N5O2/c1-15-6-5-7-18(12-15)19(26-8-10-27-11-9-26)13-23-21(22-4)24-14-20-25-16(2)17(3)28-20/h5-7,12,19H,8-11,13-14H2,1-4H3,(H2,22,23,24). The first-order valence-electron chi connectivity index (χ1n) is 9.82. The Bertz CT molecular complexity index is 776. The maximum Gasteiger partial charge on any atom is 0.214 e. The first-order valence-corrected chi connectivity index (χ1v) is 9.82. The molecule has 1 atom stereocenters. The summed E-state index contributed by atoms with van der Waals surface area (Å²) in [5.41, 5.74) is 3.50. The number of aryl methyl sites for hydroxylation is 3. The number of hydrogen-bond acceptors (Lipinski definition) is 5. The Morgan fingerprint density at radius 1 is 1.21 bits per heavy atom. The molecule has 1 unspecified atom stereocenters. The molecule has 0 spiro atoms. The first kappa shape index (κ1) is 20.4. The molecule has 28 heavy (non-hydrogen) atoms. The van der Waals surface area contributed by atoms with Crippen molar-refractivity contribution in [3.05, 3.63) is 52.7 Å². The van der Waals surface area contributed by atoms with Crippen molar-refractivity contribution >= 4 is 5.96 Å². The van der Waals surface area contributed by atoms with Crippen molar-refractivity contribution in [1.82, 2.24) is 20.5 Å². The van der Waals surface area contributed by atoms with E-state index in [1.165, 1.54) is 11.1 Å². The van der Waals surface area contributed by atoms with Crippen LogP contribution < -0.4 is 10.6 Å². The quantitative estimate of drug-likeness (QED) is 0.587. The number of aliphatic imine (C=N–C) groups is 1. The van der Waals surface area contributed by atoms with Gasteiger partial charge in [-0.3, -0.25) is 9.89 Å². The van der Waals surface area contributed by atoms with Gasteiger partial charge in [-0.05, 0) is 26.3 Å². The first-order chi connectivity index (χ1) is 13.6. The van der Waals surface area contributed by atoms with Gasteiger partial charge in [-0.15, -0.1) is 0 Å². The van der Waals surface area contributed by atoms with E-state index in [4.69, 9.17) is 9.15 Å². The van der Waals surface area contributed by atoms with E-state index in [0.717, 1.165) is 50.3 Å². The molecular formula is C21H31N5O2. The van der Waals surface area contributed by atoms with Crippen molar-refractivity contribution in [3.63, 3.8) is 0 Å². The zero-order chi connectivity index (χ0) is 19.9. The van der Waals surface area contributed by atoms with Crippen LogP contribution in [0.5, 0.6) is 0 Å². The highest BCUT2D eigenvalue weighted by Gasteiger charge is 2.23. The van der Waals surface area contributed by atoms with Gasteiger partial charge in [0.05, 0.1) is 31.5 Å². The highest BCUT2D eigenvalue weighted by Crippen LogP contribution is 2.22. The second-order valence-corrected chi connectivity index (χ2v) is 7.13. The maximum absolute atomic E-state index is 5.63. The van der Waals surface area contributed by atoms with Gasteiger partial charge >= 0.3 is 0 Å². The smallest absolute Gasteiger partial charge is 0.214 e. The van der Waals surface area contributed by atoms with Crippen molar-refractivity contribution in [1.29, 1.82) is 0 Å². The molecule has 1 aliphatic rings. The van der Waals surface area contributed by atoms with E-state index in [0.29, 0.717) is 12.4 Å². The lowest BCUT2D eigenvalue weighted by atomic mass is 10.0. The topological polar surface area (TPSA) is 74.9 Å². The zero-order valence-corrected chi connectivity index (χ0v) is 17.3. The fraction of sp³-hybridized carbons (Fsp3) is 0.524. The molecule has 2 aromatic rings. The van der Waals surface area contributed by atoms with Crippen LogP contribution in [-0.4, -0.2) is 55.7 Å². The molecule has 1 aliphatic heterocycles. The number of oxazole rings is 1. The van der Waals surface area contributed by atoms with Crippen LogP contribution in [-0.2, 0) is 11.3 Å². The third kappa shape index (κ3) is 5.33. The minimum atomic E-state index is 0.258. The van der Waals surface area contributed by atoms with Crippen molar-refractivity contribution in [2.75, 3.05) is 39.9 Å². The molecule has 7 heteroatoms. The molecule has 2 heterocycles. The lowest BCUT2D eigenvalue weighted by molar-refractivity contribution is 0.0170. The molecule has 0 aliphatic carbocycles. The number of aromatic nitrogens is 1. The Labute approximate surface area is 167 Å². The molecular weight excluding hydrogens is 354 g/mol. The molecule has 1 saturated heterocycles. The van der Waals surface area contributed by atoms with Gasteiger partial charge in [0.25, 0.3) is 0 Å². The second-order valence-electron chi connectivity index (χ2n) is 7.13. The lowest BCUT2D eigenvalue weighted by Crippen LogP contribution is -2.46. The number of benzene rings is 1. The fourth-order valence-corrected chi connectivity index (χ4v) is 3.41. The molecule has 0 radical (unpaired) electrons. The Balaban J connectivity index is 1.64. The summed E-state index contributed by atoms with van der Waals surface area (Å²) in [4.78, 5) is 11.2. The van der Waals surface area contributed by atoms with Crippen LogP contribution in [0.3, 0.4) is 0 Å². The average Bonchev–Trinajstić information content (AvgIpc) is 3.03. The summed E-state index contributed by atoms with van der Waals surface area (Å²) in [7, 11) is 1.78. The van der Waals surface area contributed by atoms with Gasteiger partial charge in [0.15, 0.2) is 5.96 Å². The van der Waals surface area contributed by atoms with E-state index in [2.05, 4.69) is 56.7 Å². The Morgan fingerprint density at radius 2 is 2.00 bits per heavy atom. The van der Waals surface area contributed by atoms with E-state index >= 15 is 0 Å². The number of morpholine rings is 1. The normalized spacial score (nSPS) is 16.8. The van der Waals surface area contributed by atoms with Crippen LogP contribution >= 0.6 is 0 Å². The van der Waals surface area contributed by atoms with Gasteiger partial charge in [-0.25, -0.2) is 4.98 Å². The predicted molar refractivity (Wildman–Crippen MR) is 110 cm³/mol. The van der Waals surface area contributed by atoms with Crippen LogP contribution in [0.2, 0.25) is 0 Å². The summed E-state index contributed by atoms with van der Waals surface area (Å²) >= 11 is 0. The van der Waals surface area contributed by atoms with Crippen molar-refractivity contribution < 1.29 is 9.15 Å². The lowest BCUT2D eigenvalue weighted by Gasteiger charge is -2.35. The predicted octanol–water partition coefficient (Wildman–Crippen LogP) is 2.34. The van der Waals surface area contributed by atoms with E-state index < -0.39 is 0 Å². The molecule has 1 aromatic heterocycles. The van der Waals surface area contributed by atoms with Gasteiger partial charge in [-0.2, -0.15) is 0 Å². The van der Waals surface area contributed by atoms with Gasteiger partial charge < -0.3 is 19.8 Å². The highest BCUT2D eigenvalue weighted by molar-refractivity contribution is 5.79. The molecule has 7 nitrogen and oxygen atoms in total. The number of rotatable bonds is 6. The third-order valence-corrected chi connectivity index (χ3v) is 5.08. The zero-order valence-electron chi connectivity index (χ0n) is 17.3. The van der Waals surface area contributed by atoms with Crippen LogP contribution in [0.4, 0.5) is 0 Å². The van der Waals surface area contributed by atoms with Crippen LogP contribution in [0, 0.1) is 20.8 Å². The SMILES string of the molecule is CN=C(NCc1nc(C)c(C)o1)NCC(c1cccc(C)c1)N1CCOCC1. The van der Waals surface area contributed by atoms with Crippen LogP contribution in [0.25, 0.3) is 0 Å². The van der Waals surface area contributed by atoms with Crippen LogP contribution in [0.1, 0.15) is 34.5 Å². The minimum absolute atomic E-state index is 0.258. The molecule has 1 aromatic carbocycles. The highest BCUT2D eigenvalue weighted by atomic mass is 16.5. The van der Waals surface area contributed by atoms with Crippen molar-refractivity contribution in [2.45, 2.75) is 33.4 Å². The molecule has 0 bridgehead atoms. The minimum Gasteiger partial charge on any atom is -0.444 e. The monoisotopic (exact) mass is 385 g/mol. The largest absolute Gasteiger partial charge is 0.444 e. The number of ether oxygens (including phenoxy) is 1. The molecule has 0 saturated carbocycles. The molecule has 2 N–H and O–H groups in total. The Kier molecular flexibility index (Phi) is 7.06. The van der Waals surface area contributed by atoms with Gasteiger partial charge in [0.2, 0.25) is 5.89 Å². The number of nitrogens with one attached hydrogen (secondary N) is 2. The van der Waals surface area contributed by atoms with Crippen LogP contribution in [0.15, 0.2) is 33.7 Å². The van der Waals surface area contributed by atoms with Gasteiger partial charge in [0, 0.05) is 26.7 Å². The number of guanidine groups is 1. The van der Waals surface area contributed by atoms with E-state index in [1.54, 1.807) is 7.05 Å². The summed E-state index contributed by atoms with van der Waals surface area (Å²) in [5.74, 6) is 2.26. The van der Waals surface area contributed by atoms with Gasteiger partial charge in [0.1, 0.15) is 5.76 Å². The van der Waals surface area contributed by atoms with Crippen molar-refractivity contribution in [3.8, 4) is 0 Å². The summed E-state index contributed by atoms with van der Waals surface area (Å²) in [6.07, 6.45) is 0. The Hall–Kier alpha value is -2.38. The average molecular weight is 386 g/mol. The summed E-state index contributed by atoms with van der Waals surface area (Å²) in [6.45, 7) is 10.7. The number of nitrogens with zero attached hydrogens (tertiary/aromatic N) is 3. The second kappa shape index (κ2) is 9.71. The molecule has 1 fully saturated rings. The van der Waals surface area contributed by atoms with E-state index in [9.17, 15) is 0 Å². The molecule has 0 amide bonds. The third-order valence-electron chi connectivity index (χ3n) is 5.08. The summed E-state index contributed by atoms with van der Waals surface area (Å²) < 4.78 is 11.2. The fourth-order valence-electron chi connectivity index (χ4n) is 3.41. The summed E-state index contributed by atoms with van der Waals surface area (Å²) in [6, 6.07) is 8.97. The van der Waals surface area contributed by atoms with Gasteiger partial charge in [-0.1, -0.05) is 29.8 Å². The Morgan fingerprint density at radius 3 is 2.64 bits per heavy atom.